The first-order valence-electron chi connectivity index (χ1n) is 10.9. The summed E-state index contributed by atoms with van der Waals surface area (Å²) in [6, 6.07) is 0. The summed E-state index contributed by atoms with van der Waals surface area (Å²) in [5.74, 6) is 1.27. The van der Waals surface area contributed by atoms with Crippen LogP contribution < -0.4 is 0 Å². The first-order valence-corrected chi connectivity index (χ1v) is 10.9. The Bertz CT molecular complexity index is 652. The predicted octanol–water partition coefficient (Wildman–Crippen LogP) is 5.85. The third-order valence-corrected chi connectivity index (χ3v) is 9.56. The van der Waals surface area contributed by atoms with Crippen molar-refractivity contribution in [2.75, 3.05) is 0 Å². The molecule has 8 atom stereocenters. The van der Waals surface area contributed by atoms with Crippen molar-refractivity contribution in [1.29, 1.82) is 0 Å². The van der Waals surface area contributed by atoms with Crippen LogP contribution >= 0.6 is 0 Å². The molecule has 0 bridgehead atoms. The second-order valence-corrected chi connectivity index (χ2v) is 10.7. The Kier molecular flexibility index (Phi) is 4.81. The second kappa shape index (κ2) is 6.49. The molecule has 2 nitrogen and oxygen atoms in total. The SMILES string of the molecule is [B]C12CCC3CCC(OC(F)(F)F)CC3(C)C1CCC1(C)C(C(C)=O)CCC21. The van der Waals surface area contributed by atoms with Gasteiger partial charge in [0.05, 0.1) is 14.0 Å². The van der Waals surface area contributed by atoms with Gasteiger partial charge in [-0.3, -0.25) is 9.53 Å². The molecular weight excluding hydrogens is 364 g/mol. The molecule has 4 saturated carbocycles. The lowest BCUT2D eigenvalue weighted by Gasteiger charge is -2.66. The Hall–Kier alpha value is -0.515. The van der Waals surface area contributed by atoms with Crippen molar-refractivity contribution in [1.82, 2.24) is 0 Å². The molecule has 8 unspecified atom stereocenters. The van der Waals surface area contributed by atoms with Gasteiger partial charge in [0.15, 0.2) is 0 Å². The Balaban J connectivity index is 1.63. The van der Waals surface area contributed by atoms with Crippen LogP contribution in [0.25, 0.3) is 0 Å². The van der Waals surface area contributed by atoms with Gasteiger partial charge in [-0.15, -0.1) is 13.2 Å². The molecule has 0 aromatic carbocycles. The standard InChI is InChI=1S/C22H32BF3O2/c1-13(27)16-6-7-17-19(16,2)10-9-18-20(3)12-15(28-22(24,25)26)5-4-14(20)8-11-21(17,18)23/h14-18H,4-12H2,1-3H3. The van der Waals surface area contributed by atoms with E-state index in [-0.39, 0.29) is 39.7 Å². The van der Waals surface area contributed by atoms with E-state index in [4.69, 9.17) is 7.85 Å². The van der Waals surface area contributed by atoms with Crippen molar-refractivity contribution in [3.05, 3.63) is 0 Å². The summed E-state index contributed by atoms with van der Waals surface area (Å²) in [6.07, 6.45) is 2.06. The van der Waals surface area contributed by atoms with Gasteiger partial charge in [-0.1, -0.05) is 32.0 Å². The summed E-state index contributed by atoms with van der Waals surface area (Å²) in [5, 5.41) is -0.372. The molecule has 0 aromatic heterocycles. The van der Waals surface area contributed by atoms with Crippen LogP contribution in [0.5, 0.6) is 0 Å². The van der Waals surface area contributed by atoms with E-state index in [1.54, 1.807) is 6.92 Å². The average Bonchev–Trinajstić information content (AvgIpc) is 2.91. The number of hydrogen-bond acceptors (Lipinski definition) is 2. The minimum absolute atomic E-state index is 0.0587. The van der Waals surface area contributed by atoms with Crippen molar-refractivity contribution in [2.24, 2.45) is 34.5 Å². The first-order chi connectivity index (χ1) is 12.9. The van der Waals surface area contributed by atoms with Crippen LogP contribution in [0, 0.1) is 34.5 Å². The van der Waals surface area contributed by atoms with Gasteiger partial charge in [-0.25, -0.2) is 0 Å². The van der Waals surface area contributed by atoms with Crippen molar-refractivity contribution >= 4 is 13.6 Å². The third kappa shape index (κ3) is 2.99. The van der Waals surface area contributed by atoms with Crippen LogP contribution in [0.15, 0.2) is 0 Å². The fourth-order valence-corrected chi connectivity index (χ4v) is 8.48. The predicted molar refractivity (Wildman–Crippen MR) is 102 cm³/mol. The van der Waals surface area contributed by atoms with Gasteiger partial charge in [0.1, 0.15) is 5.78 Å². The first kappa shape index (κ1) is 20.7. The zero-order chi connectivity index (χ0) is 20.5. The molecule has 4 aliphatic rings. The van der Waals surface area contributed by atoms with Crippen molar-refractivity contribution in [3.8, 4) is 0 Å². The second-order valence-electron chi connectivity index (χ2n) is 10.7. The molecule has 4 aliphatic carbocycles. The molecule has 0 saturated heterocycles. The van der Waals surface area contributed by atoms with Gasteiger partial charge in [0.2, 0.25) is 0 Å². The molecule has 0 spiro atoms. The summed E-state index contributed by atoms with van der Waals surface area (Å²) in [7, 11) is 7.19. The number of alkyl halides is 3. The van der Waals surface area contributed by atoms with Crippen LogP contribution in [-0.4, -0.2) is 26.1 Å². The fraction of sp³-hybridized carbons (Fsp3) is 0.955. The number of ketones is 1. The molecule has 2 radical (unpaired) electrons. The highest BCUT2D eigenvalue weighted by molar-refractivity contribution is 6.16. The average molecular weight is 396 g/mol. The van der Waals surface area contributed by atoms with Gasteiger partial charge in [-0.05, 0) is 80.5 Å². The number of rotatable bonds is 2. The van der Waals surface area contributed by atoms with Gasteiger partial charge in [0, 0.05) is 5.92 Å². The van der Waals surface area contributed by atoms with E-state index < -0.39 is 12.5 Å². The zero-order valence-electron chi connectivity index (χ0n) is 17.3. The summed E-state index contributed by atoms with van der Waals surface area (Å²) < 4.78 is 43.1. The van der Waals surface area contributed by atoms with Gasteiger partial charge >= 0.3 is 6.36 Å². The van der Waals surface area contributed by atoms with E-state index in [1.807, 2.05) is 0 Å². The van der Waals surface area contributed by atoms with E-state index in [0.29, 0.717) is 18.8 Å². The van der Waals surface area contributed by atoms with E-state index in [0.717, 1.165) is 44.9 Å². The zero-order valence-corrected chi connectivity index (χ0v) is 17.3. The van der Waals surface area contributed by atoms with Gasteiger partial charge in [-0.2, -0.15) is 0 Å². The number of carbonyl (C=O) groups is 1. The fourth-order valence-electron chi connectivity index (χ4n) is 8.48. The number of ether oxygens (including phenoxy) is 1. The van der Waals surface area contributed by atoms with Gasteiger partial charge in [0.25, 0.3) is 0 Å². The molecule has 0 aliphatic heterocycles. The summed E-state index contributed by atoms with van der Waals surface area (Å²) in [5.41, 5.74) is -0.270. The molecule has 4 fully saturated rings. The Labute approximate surface area is 167 Å². The molecule has 0 N–H and O–H groups in total. The maximum atomic E-state index is 12.9. The molecule has 0 aromatic rings. The van der Waals surface area contributed by atoms with E-state index >= 15 is 0 Å². The molecular formula is C22H32BF3O2. The minimum atomic E-state index is -4.58. The topological polar surface area (TPSA) is 26.3 Å². The Morgan fingerprint density at radius 1 is 0.964 bits per heavy atom. The molecule has 4 rings (SSSR count). The van der Waals surface area contributed by atoms with Crippen molar-refractivity contribution in [3.63, 3.8) is 0 Å². The van der Waals surface area contributed by atoms with E-state index in [9.17, 15) is 18.0 Å². The number of Topliss-reactive ketones (excluding diaryl/α,β-unsaturated/α-hetero) is 1. The van der Waals surface area contributed by atoms with Crippen molar-refractivity contribution < 1.29 is 22.7 Å². The van der Waals surface area contributed by atoms with Crippen LogP contribution in [0.3, 0.4) is 0 Å². The third-order valence-electron chi connectivity index (χ3n) is 9.56. The Morgan fingerprint density at radius 3 is 2.29 bits per heavy atom. The lowest BCUT2D eigenvalue weighted by atomic mass is 9.33. The maximum absolute atomic E-state index is 12.9. The molecule has 0 heterocycles. The monoisotopic (exact) mass is 396 g/mol. The molecule has 6 heteroatoms. The highest BCUT2D eigenvalue weighted by Crippen LogP contribution is 2.74. The van der Waals surface area contributed by atoms with Crippen LogP contribution in [-0.2, 0) is 9.53 Å². The Morgan fingerprint density at radius 2 is 1.64 bits per heavy atom. The lowest BCUT2D eigenvalue weighted by Crippen LogP contribution is -2.57. The highest BCUT2D eigenvalue weighted by atomic mass is 19.4. The number of halogens is 3. The molecule has 28 heavy (non-hydrogen) atoms. The number of carbonyl (C=O) groups excluding carboxylic acids is 1. The smallest absolute Gasteiger partial charge is 0.300 e. The van der Waals surface area contributed by atoms with Crippen LogP contribution in [0.1, 0.15) is 78.6 Å². The lowest BCUT2D eigenvalue weighted by molar-refractivity contribution is -0.351. The number of hydrogen-bond donors (Lipinski definition) is 0. The van der Waals surface area contributed by atoms with Crippen LogP contribution in [0.4, 0.5) is 13.2 Å². The summed E-state index contributed by atoms with van der Waals surface area (Å²) >= 11 is 0. The normalized spacial score (nSPS) is 51.1. The highest BCUT2D eigenvalue weighted by Gasteiger charge is 2.65. The summed E-state index contributed by atoms with van der Waals surface area (Å²) in [6.45, 7) is 6.12. The van der Waals surface area contributed by atoms with Crippen LogP contribution in [0.2, 0.25) is 5.31 Å². The quantitative estimate of drug-likeness (QED) is 0.548. The maximum Gasteiger partial charge on any atom is 0.522 e. The molecule has 0 amide bonds. The molecule has 156 valence electrons. The van der Waals surface area contributed by atoms with E-state index in [2.05, 4.69) is 18.6 Å². The largest absolute Gasteiger partial charge is 0.522 e. The van der Waals surface area contributed by atoms with Crippen molar-refractivity contribution in [2.45, 2.75) is 96.3 Å². The minimum Gasteiger partial charge on any atom is -0.300 e. The number of fused-ring (bicyclic) bond motifs is 5. The van der Waals surface area contributed by atoms with E-state index in [1.165, 1.54) is 0 Å². The van der Waals surface area contributed by atoms with Gasteiger partial charge < -0.3 is 0 Å². The summed E-state index contributed by atoms with van der Waals surface area (Å²) in [4.78, 5) is 12.3.